The van der Waals surface area contributed by atoms with Crippen LogP contribution < -0.4 is 5.32 Å². The van der Waals surface area contributed by atoms with E-state index >= 15 is 0 Å². The third-order valence-corrected chi connectivity index (χ3v) is 2.99. The minimum absolute atomic E-state index is 0.0488. The summed E-state index contributed by atoms with van der Waals surface area (Å²) in [7, 11) is 0. The van der Waals surface area contributed by atoms with Crippen molar-refractivity contribution in [2.75, 3.05) is 5.32 Å². The summed E-state index contributed by atoms with van der Waals surface area (Å²) < 4.78 is 0. The molecule has 102 valence electrons. The maximum Gasteiger partial charge on any atom is 0.337 e. The highest BCUT2D eigenvalue weighted by atomic mass is 35.5. The number of hydrogen-bond donors (Lipinski definition) is 2. The lowest BCUT2D eigenvalue weighted by Gasteiger charge is -2.09. The van der Waals surface area contributed by atoms with E-state index in [-0.39, 0.29) is 17.2 Å². The van der Waals surface area contributed by atoms with Gasteiger partial charge in [-0.05, 0) is 35.4 Å². The zero-order valence-corrected chi connectivity index (χ0v) is 11.4. The lowest BCUT2D eigenvalue weighted by atomic mass is 10.0. The Balaban J connectivity index is 2.47. The molecular formula is C15H12ClNO3. The van der Waals surface area contributed by atoms with Crippen molar-refractivity contribution in [3.8, 4) is 11.1 Å². The van der Waals surface area contributed by atoms with Crippen molar-refractivity contribution in [1.29, 1.82) is 0 Å². The Bertz CT molecular complexity index is 665. The second-order valence-corrected chi connectivity index (χ2v) is 4.69. The molecule has 0 saturated carbocycles. The van der Waals surface area contributed by atoms with Crippen LogP contribution in [-0.2, 0) is 4.79 Å². The Morgan fingerprint density at radius 2 is 1.65 bits per heavy atom. The van der Waals surface area contributed by atoms with Crippen molar-refractivity contribution in [3.63, 3.8) is 0 Å². The zero-order chi connectivity index (χ0) is 14.7. The third-order valence-electron chi connectivity index (χ3n) is 2.74. The van der Waals surface area contributed by atoms with Gasteiger partial charge in [0.25, 0.3) is 0 Å². The number of halogens is 1. The molecule has 2 N–H and O–H groups in total. The fraction of sp³-hybridized carbons (Fsp3) is 0.0667. The highest BCUT2D eigenvalue weighted by Gasteiger charge is 2.12. The van der Waals surface area contributed by atoms with Crippen molar-refractivity contribution in [2.45, 2.75) is 6.92 Å². The quantitative estimate of drug-likeness (QED) is 0.906. The van der Waals surface area contributed by atoms with Crippen molar-refractivity contribution >= 4 is 29.2 Å². The SMILES string of the molecule is CC(=O)Nc1ccc(-c2ccc(Cl)cc2)cc1C(=O)O. The molecule has 0 atom stereocenters. The number of hydrogen-bond acceptors (Lipinski definition) is 2. The molecule has 0 aliphatic carbocycles. The molecule has 0 aromatic heterocycles. The van der Waals surface area contributed by atoms with Crippen LogP contribution in [0.5, 0.6) is 0 Å². The van der Waals surface area contributed by atoms with Crippen LogP contribution >= 0.6 is 11.6 Å². The average Bonchev–Trinajstić information content (AvgIpc) is 2.39. The largest absolute Gasteiger partial charge is 0.478 e. The first kappa shape index (κ1) is 14.1. The number of carbonyl (C=O) groups excluding carboxylic acids is 1. The fourth-order valence-corrected chi connectivity index (χ4v) is 1.97. The molecule has 0 fully saturated rings. The van der Waals surface area contributed by atoms with E-state index in [9.17, 15) is 14.7 Å². The Hall–Kier alpha value is -2.33. The van der Waals surface area contributed by atoms with Gasteiger partial charge in [0.2, 0.25) is 5.91 Å². The van der Waals surface area contributed by atoms with Gasteiger partial charge in [-0.2, -0.15) is 0 Å². The smallest absolute Gasteiger partial charge is 0.337 e. The summed E-state index contributed by atoms with van der Waals surface area (Å²) in [5.74, 6) is -1.41. The van der Waals surface area contributed by atoms with E-state index in [4.69, 9.17) is 11.6 Å². The van der Waals surface area contributed by atoms with Crippen LogP contribution in [0.4, 0.5) is 5.69 Å². The monoisotopic (exact) mass is 289 g/mol. The van der Waals surface area contributed by atoms with Gasteiger partial charge in [-0.1, -0.05) is 29.8 Å². The van der Waals surface area contributed by atoms with E-state index in [1.165, 1.54) is 13.0 Å². The van der Waals surface area contributed by atoms with Gasteiger partial charge in [0.15, 0.2) is 0 Å². The summed E-state index contributed by atoms with van der Waals surface area (Å²) in [6.45, 7) is 1.33. The van der Waals surface area contributed by atoms with Gasteiger partial charge >= 0.3 is 5.97 Å². The van der Waals surface area contributed by atoms with Crippen LogP contribution in [0.25, 0.3) is 11.1 Å². The molecule has 0 aliphatic heterocycles. The molecule has 0 aliphatic rings. The van der Waals surface area contributed by atoms with E-state index in [0.717, 1.165) is 11.1 Å². The molecule has 20 heavy (non-hydrogen) atoms. The minimum Gasteiger partial charge on any atom is -0.478 e. The molecule has 0 bridgehead atoms. The van der Waals surface area contributed by atoms with Crippen molar-refractivity contribution in [3.05, 3.63) is 53.1 Å². The molecule has 0 unspecified atom stereocenters. The van der Waals surface area contributed by atoms with Crippen LogP contribution in [0.2, 0.25) is 5.02 Å². The molecule has 0 radical (unpaired) electrons. The molecule has 5 heteroatoms. The molecule has 2 aromatic carbocycles. The Kier molecular flexibility index (Phi) is 4.05. The Morgan fingerprint density at radius 3 is 2.20 bits per heavy atom. The molecule has 0 saturated heterocycles. The highest BCUT2D eigenvalue weighted by Crippen LogP contribution is 2.26. The molecule has 2 aromatic rings. The maximum atomic E-state index is 11.3. The van der Waals surface area contributed by atoms with Crippen LogP contribution in [-0.4, -0.2) is 17.0 Å². The number of anilines is 1. The maximum absolute atomic E-state index is 11.3. The molecule has 0 heterocycles. The van der Waals surface area contributed by atoms with E-state index in [1.54, 1.807) is 36.4 Å². The van der Waals surface area contributed by atoms with E-state index < -0.39 is 5.97 Å². The number of nitrogens with one attached hydrogen (secondary N) is 1. The predicted molar refractivity (Wildman–Crippen MR) is 78.2 cm³/mol. The summed E-state index contributed by atoms with van der Waals surface area (Å²) in [6.07, 6.45) is 0. The van der Waals surface area contributed by atoms with Crippen molar-refractivity contribution < 1.29 is 14.7 Å². The van der Waals surface area contributed by atoms with Crippen molar-refractivity contribution in [1.82, 2.24) is 0 Å². The van der Waals surface area contributed by atoms with Crippen molar-refractivity contribution in [2.24, 2.45) is 0 Å². The van der Waals surface area contributed by atoms with Gasteiger partial charge in [0, 0.05) is 11.9 Å². The normalized spacial score (nSPS) is 10.1. The van der Waals surface area contributed by atoms with Gasteiger partial charge < -0.3 is 10.4 Å². The summed E-state index contributed by atoms with van der Waals surface area (Å²) in [6, 6.07) is 11.9. The zero-order valence-electron chi connectivity index (χ0n) is 10.7. The molecule has 1 amide bonds. The first-order valence-electron chi connectivity index (χ1n) is 5.88. The number of amides is 1. The number of benzene rings is 2. The standard InChI is InChI=1S/C15H12ClNO3/c1-9(18)17-14-7-4-11(8-13(14)15(19)20)10-2-5-12(16)6-3-10/h2-8H,1H3,(H,17,18)(H,19,20). The Labute approximate surface area is 121 Å². The molecule has 0 spiro atoms. The molecule has 4 nitrogen and oxygen atoms in total. The second kappa shape index (κ2) is 5.75. The number of carboxylic acids is 1. The summed E-state index contributed by atoms with van der Waals surface area (Å²) in [4.78, 5) is 22.3. The van der Waals surface area contributed by atoms with Crippen LogP contribution in [0.3, 0.4) is 0 Å². The summed E-state index contributed by atoms with van der Waals surface area (Å²) in [5, 5.41) is 12.3. The minimum atomic E-state index is -1.09. The topological polar surface area (TPSA) is 66.4 Å². The van der Waals surface area contributed by atoms with E-state index in [2.05, 4.69) is 5.32 Å². The number of carbonyl (C=O) groups is 2. The van der Waals surface area contributed by atoms with Crippen LogP contribution in [0.1, 0.15) is 17.3 Å². The van der Waals surface area contributed by atoms with Crippen LogP contribution in [0, 0.1) is 0 Å². The second-order valence-electron chi connectivity index (χ2n) is 4.25. The lowest BCUT2D eigenvalue weighted by Crippen LogP contribution is -2.10. The van der Waals surface area contributed by atoms with Gasteiger partial charge in [0.05, 0.1) is 11.3 Å². The van der Waals surface area contributed by atoms with Gasteiger partial charge in [0.1, 0.15) is 0 Å². The summed E-state index contributed by atoms with van der Waals surface area (Å²) in [5.41, 5.74) is 1.93. The molecule has 2 rings (SSSR count). The van der Waals surface area contributed by atoms with Crippen LogP contribution in [0.15, 0.2) is 42.5 Å². The van der Waals surface area contributed by atoms with E-state index in [1.807, 2.05) is 0 Å². The average molecular weight is 290 g/mol. The fourth-order valence-electron chi connectivity index (χ4n) is 1.84. The first-order valence-corrected chi connectivity index (χ1v) is 6.26. The predicted octanol–water partition coefficient (Wildman–Crippen LogP) is 3.66. The number of rotatable bonds is 3. The summed E-state index contributed by atoms with van der Waals surface area (Å²) >= 11 is 5.82. The van der Waals surface area contributed by atoms with Gasteiger partial charge in [-0.25, -0.2) is 4.79 Å². The molecular weight excluding hydrogens is 278 g/mol. The lowest BCUT2D eigenvalue weighted by molar-refractivity contribution is -0.114. The van der Waals surface area contributed by atoms with E-state index in [0.29, 0.717) is 5.02 Å². The van der Waals surface area contributed by atoms with Gasteiger partial charge in [-0.15, -0.1) is 0 Å². The number of aromatic carboxylic acids is 1. The van der Waals surface area contributed by atoms with Gasteiger partial charge in [-0.3, -0.25) is 4.79 Å². The third kappa shape index (κ3) is 3.16. The Morgan fingerprint density at radius 1 is 1.05 bits per heavy atom. The first-order chi connectivity index (χ1) is 9.47. The number of carboxylic acid groups (broad SMARTS) is 1. The highest BCUT2D eigenvalue weighted by molar-refractivity contribution is 6.30.